The van der Waals surface area contributed by atoms with Gasteiger partial charge in [0, 0.05) is 18.4 Å². The van der Waals surface area contributed by atoms with Crippen molar-refractivity contribution >= 4 is 11.5 Å². The molecule has 0 saturated heterocycles. The zero-order valence-corrected chi connectivity index (χ0v) is 9.72. The van der Waals surface area contributed by atoms with Gasteiger partial charge in [-0.15, -0.1) is 0 Å². The Morgan fingerprint density at radius 1 is 1.18 bits per heavy atom. The van der Waals surface area contributed by atoms with E-state index in [0.717, 1.165) is 24.5 Å². The van der Waals surface area contributed by atoms with Crippen LogP contribution in [0.25, 0.3) is 0 Å². The molecule has 1 aromatic carbocycles. The maximum absolute atomic E-state index is 9.30. The van der Waals surface area contributed by atoms with Gasteiger partial charge in [-0.25, -0.2) is 4.98 Å². The zero-order valence-electron chi connectivity index (χ0n) is 9.72. The van der Waals surface area contributed by atoms with Crippen LogP contribution in [0.15, 0.2) is 36.5 Å². The second kappa shape index (κ2) is 3.77. The molecule has 0 bridgehead atoms. The van der Waals surface area contributed by atoms with E-state index in [9.17, 15) is 5.11 Å². The zero-order chi connectivity index (χ0) is 11.8. The normalized spacial score (nSPS) is 13.8. The molecule has 1 aromatic heterocycles. The molecule has 0 amide bonds. The van der Waals surface area contributed by atoms with Crippen LogP contribution in [0.3, 0.4) is 0 Å². The van der Waals surface area contributed by atoms with Crippen LogP contribution in [0, 0.1) is 6.92 Å². The fourth-order valence-corrected chi connectivity index (χ4v) is 2.33. The SMILES string of the molecule is Cc1ccnc2c1CCN2c1ccc(O)cc1. The van der Waals surface area contributed by atoms with Gasteiger partial charge in [0.1, 0.15) is 11.6 Å². The lowest BCUT2D eigenvalue weighted by Gasteiger charge is -2.18. The van der Waals surface area contributed by atoms with E-state index in [-0.39, 0.29) is 0 Å². The Morgan fingerprint density at radius 2 is 1.94 bits per heavy atom. The summed E-state index contributed by atoms with van der Waals surface area (Å²) in [5, 5.41) is 9.30. The van der Waals surface area contributed by atoms with Crippen molar-refractivity contribution < 1.29 is 5.11 Å². The summed E-state index contributed by atoms with van der Waals surface area (Å²) in [6, 6.07) is 9.33. The predicted molar refractivity (Wildman–Crippen MR) is 67.8 cm³/mol. The number of aromatic nitrogens is 1. The molecule has 86 valence electrons. The average molecular weight is 226 g/mol. The van der Waals surface area contributed by atoms with Crippen molar-refractivity contribution in [2.45, 2.75) is 13.3 Å². The van der Waals surface area contributed by atoms with Gasteiger partial charge in [0.25, 0.3) is 0 Å². The van der Waals surface area contributed by atoms with Gasteiger partial charge in [-0.1, -0.05) is 0 Å². The summed E-state index contributed by atoms with van der Waals surface area (Å²) in [7, 11) is 0. The predicted octanol–water partition coefficient (Wildman–Crippen LogP) is 2.79. The second-order valence-corrected chi connectivity index (χ2v) is 4.35. The first-order chi connectivity index (χ1) is 8.25. The molecule has 2 aromatic rings. The van der Waals surface area contributed by atoms with Gasteiger partial charge in [-0.05, 0) is 54.8 Å². The largest absolute Gasteiger partial charge is 0.508 e. The van der Waals surface area contributed by atoms with Crippen LogP contribution in [-0.4, -0.2) is 16.6 Å². The Morgan fingerprint density at radius 3 is 2.71 bits per heavy atom. The van der Waals surface area contributed by atoms with Gasteiger partial charge in [0.2, 0.25) is 0 Å². The van der Waals surface area contributed by atoms with Gasteiger partial charge in [-0.2, -0.15) is 0 Å². The van der Waals surface area contributed by atoms with Gasteiger partial charge in [-0.3, -0.25) is 0 Å². The fraction of sp³-hybridized carbons (Fsp3) is 0.214. The number of phenols is 1. The average Bonchev–Trinajstić information content (AvgIpc) is 2.75. The van der Waals surface area contributed by atoms with E-state index in [2.05, 4.69) is 22.9 Å². The number of fused-ring (bicyclic) bond motifs is 1. The van der Waals surface area contributed by atoms with Crippen LogP contribution < -0.4 is 4.90 Å². The molecular weight excluding hydrogens is 212 g/mol. The van der Waals surface area contributed by atoms with Crippen molar-refractivity contribution in [2.75, 3.05) is 11.4 Å². The summed E-state index contributed by atoms with van der Waals surface area (Å²) in [6.45, 7) is 3.08. The summed E-state index contributed by atoms with van der Waals surface area (Å²) in [5.41, 5.74) is 3.72. The number of benzene rings is 1. The minimum Gasteiger partial charge on any atom is -0.508 e. The van der Waals surface area contributed by atoms with Gasteiger partial charge in [0.15, 0.2) is 0 Å². The molecule has 0 unspecified atom stereocenters. The van der Waals surface area contributed by atoms with Crippen LogP contribution in [0.1, 0.15) is 11.1 Å². The molecule has 0 atom stereocenters. The minimum absolute atomic E-state index is 0.297. The highest BCUT2D eigenvalue weighted by molar-refractivity contribution is 5.67. The summed E-state index contributed by atoms with van der Waals surface area (Å²) in [4.78, 5) is 6.66. The number of anilines is 2. The monoisotopic (exact) mass is 226 g/mol. The lowest BCUT2D eigenvalue weighted by atomic mass is 10.1. The van der Waals surface area contributed by atoms with Crippen LogP contribution in [0.5, 0.6) is 5.75 Å². The standard InChI is InChI=1S/C14H14N2O/c1-10-6-8-15-14-13(10)7-9-16(14)11-2-4-12(17)5-3-11/h2-6,8,17H,7,9H2,1H3. The van der Waals surface area contributed by atoms with Crippen LogP contribution >= 0.6 is 0 Å². The molecule has 17 heavy (non-hydrogen) atoms. The number of aromatic hydroxyl groups is 1. The number of aryl methyl sites for hydroxylation is 1. The number of hydrogen-bond donors (Lipinski definition) is 1. The van der Waals surface area contributed by atoms with E-state index in [1.165, 1.54) is 11.1 Å². The Balaban J connectivity index is 2.04. The van der Waals surface area contributed by atoms with Gasteiger partial charge >= 0.3 is 0 Å². The summed E-state index contributed by atoms with van der Waals surface area (Å²) in [5.74, 6) is 1.35. The fourth-order valence-electron chi connectivity index (χ4n) is 2.33. The third kappa shape index (κ3) is 1.64. The molecule has 0 spiro atoms. The highest BCUT2D eigenvalue weighted by Crippen LogP contribution is 2.34. The Labute approximate surface area is 100 Å². The maximum Gasteiger partial charge on any atom is 0.136 e. The smallest absolute Gasteiger partial charge is 0.136 e. The van der Waals surface area contributed by atoms with E-state index in [0.29, 0.717) is 5.75 Å². The van der Waals surface area contributed by atoms with Gasteiger partial charge < -0.3 is 10.0 Å². The molecule has 3 rings (SSSR count). The van der Waals surface area contributed by atoms with Crippen molar-refractivity contribution in [3.63, 3.8) is 0 Å². The van der Waals surface area contributed by atoms with Crippen LogP contribution in [-0.2, 0) is 6.42 Å². The molecule has 1 N–H and O–H groups in total. The molecule has 0 saturated carbocycles. The molecule has 3 heteroatoms. The van der Waals surface area contributed by atoms with Crippen molar-refractivity contribution in [1.29, 1.82) is 0 Å². The molecule has 3 nitrogen and oxygen atoms in total. The molecule has 1 aliphatic rings. The highest BCUT2D eigenvalue weighted by Gasteiger charge is 2.22. The van der Waals surface area contributed by atoms with E-state index >= 15 is 0 Å². The highest BCUT2D eigenvalue weighted by atomic mass is 16.3. The van der Waals surface area contributed by atoms with Crippen LogP contribution in [0.4, 0.5) is 11.5 Å². The number of hydrogen-bond acceptors (Lipinski definition) is 3. The number of phenolic OH excluding ortho intramolecular Hbond substituents is 1. The third-order valence-corrected chi connectivity index (χ3v) is 3.27. The minimum atomic E-state index is 0.297. The Kier molecular flexibility index (Phi) is 2.25. The van der Waals surface area contributed by atoms with Crippen LogP contribution in [0.2, 0.25) is 0 Å². The second-order valence-electron chi connectivity index (χ2n) is 4.35. The van der Waals surface area contributed by atoms with E-state index < -0.39 is 0 Å². The maximum atomic E-state index is 9.30. The Bertz CT molecular complexity index is 549. The first-order valence-electron chi connectivity index (χ1n) is 5.77. The van der Waals surface area contributed by atoms with E-state index in [4.69, 9.17) is 0 Å². The lowest BCUT2D eigenvalue weighted by Crippen LogP contribution is -2.13. The first-order valence-corrected chi connectivity index (χ1v) is 5.77. The molecular formula is C14H14N2O. The van der Waals surface area contributed by atoms with E-state index in [1.54, 1.807) is 12.1 Å². The van der Waals surface area contributed by atoms with Crippen molar-refractivity contribution in [2.24, 2.45) is 0 Å². The molecule has 0 fully saturated rings. The number of nitrogens with zero attached hydrogens (tertiary/aromatic N) is 2. The summed E-state index contributed by atoms with van der Waals surface area (Å²) >= 11 is 0. The number of rotatable bonds is 1. The van der Waals surface area contributed by atoms with Gasteiger partial charge in [0.05, 0.1) is 0 Å². The molecule has 2 heterocycles. The first kappa shape index (κ1) is 10.1. The summed E-state index contributed by atoms with van der Waals surface area (Å²) in [6.07, 6.45) is 2.89. The summed E-state index contributed by atoms with van der Waals surface area (Å²) < 4.78 is 0. The number of pyridine rings is 1. The van der Waals surface area contributed by atoms with Crippen molar-refractivity contribution in [3.8, 4) is 5.75 Å². The quantitative estimate of drug-likeness (QED) is 0.812. The molecule has 1 aliphatic heterocycles. The molecule has 0 radical (unpaired) electrons. The van der Waals surface area contributed by atoms with Crippen molar-refractivity contribution in [1.82, 2.24) is 4.98 Å². The van der Waals surface area contributed by atoms with E-state index in [1.807, 2.05) is 18.3 Å². The Hall–Kier alpha value is -2.03. The third-order valence-electron chi connectivity index (χ3n) is 3.27. The lowest BCUT2D eigenvalue weighted by molar-refractivity contribution is 0.475. The molecule has 0 aliphatic carbocycles. The van der Waals surface area contributed by atoms with Crippen molar-refractivity contribution in [3.05, 3.63) is 47.7 Å². The topological polar surface area (TPSA) is 36.4 Å².